The van der Waals surface area contributed by atoms with Crippen molar-refractivity contribution >= 4 is 40.8 Å². The molecule has 0 spiro atoms. The highest BCUT2D eigenvalue weighted by atomic mass is 35.5. The van der Waals surface area contributed by atoms with Crippen LogP contribution >= 0.6 is 23.2 Å². The van der Waals surface area contributed by atoms with E-state index in [9.17, 15) is 9.59 Å². The summed E-state index contributed by atoms with van der Waals surface area (Å²) in [5.41, 5.74) is 10.6. The number of benzene rings is 1. The number of amides is 1. The summed E-state index contributed by atoms with van der Waals surface area (Å²) in [4.78, 5) is 22.4. The molecule has 1 unspecified atom stereocenters. The summed E-state index contributed by atoms with van der Waals surface area (Å²) >= 11 is 11.5. The van der Waals surface area contributed by atoms with Gasteiger partial charge in [0.25, 0.3) is 5.91 Å². The van der Waals surface area contributed by atoms with Crippen LogP contribution in [-0.2, 0) is 9.53 Å². The summed E-state index contributed by atoms with van der Waals surface area (Å²) < 4.78 is 4.78. The topological polar surface area (TPSA) is 95.4 Å². The molecular weight excluding hydrogens is 267 g/mol. The lowest BCUT2D eigenvalue weighted by molar-refractivity contribution is -0.125. The van der Waals surface area contributed by atoms with E-state index in [0.717, 1.165) is 0 Å². The minimum absolute atomic E-state index is 0.00407. The van der Waals surface area contributed by atoms with Gasteiger partial charge in [-0.25, -0.2) is 4.79 Å². The fraction of sp³-hybridized carbons (Fsp3) is 0.200. The van der Waals surface area contributed by atoms with Gasteiger partial charge in [0, 0.05) is 5.02 Å². The Balaban J connectivity index is 3.01. The molecule has 1 aromatic carbocycles. The minimum atomic E-state index is -1.06. The molecule has 17 heavy (non-hydrogen) atoms. The fourth-order valence-corrected chi connectivity index (χ4v) is 1.53. The summed E-state index contributed by atoms with van der Waals surface area (Å²) in [5.74, 6) is -1.57. The Morgan fingerprint density at radius 2 is 1.94 bits per heavy atom. The van der Waals surface area contributed by atoms with Gasteiger partial charge in [0.15, 0.2) is 6.10 Å². The molecule has 4 N–H and O–H groups in total. The molecule has 0 heterocycles. The molecule has 7 heteroatoms. The molecule has 0 saturated carbocycles. The van der Waals surface area contributed by atoms with E-state index in [2.05, 4.69) is 0 Å². The van der Waals surface area contributed by atoms with Gasteiger partial charge in [-0.3, -0.25) is 4.79 Å². The molecule has 0 bridgehead atoms. The van der Waals surface area contributed by atoms with Crippen molar-refractivity contribution in [3.8, 4) is 0 Å². The van der Waals surface area contributed by atoms with Gasteiger partial charge < -0.3 is 16.2 Å². The number of carbonyl (C=O) groups excluding carboxylic acids is 2. The highest BCUT2D eigenvalue weighted by Crippen LogP contribution is 2.28. The molecule has 92 valence electrons. The third-order valence-corrected chi connectivity index (χ3v) is 2.53. The predicted octanol–water partition coefficient (Wildman–Crippen LogP) is 1.61. The van der Waals surface area contributed by atoms with Crippen molar-refractivity contribution in [1.29, 1.82) is 0 Å². The van der Waals surface area contributed by atoms with E-state index < -0.39 is 18.0 Å². The quantitative estimate of drug-likeness (QED) is 0.648. The molecule has 0 aliphatic carbocycles. The maximum Gasteiger partial charge on any atom is 0.341 e. The van der Waals surface area contributed by atoms with Crippen LogP contribution in [0.15, 0.2) is 12.1 Å². The average Bonchev–Trinajstić information content (AvgIpc) is 2.22. The van der Waals surface area contributed by atoms with Gasteiger partial charge in [0.2, 0.25) is 0 Å². The number of primary amides is 1. The number of nitrogens with two attached hydrogens (primary N) is 2. The zero-order valence-electron chi connectivity index (χ0n) is 8.87. The van der Waals surface area contributed by atoms with Crippen LogP contribution in [0.3, 0.4) is 0 Å². The Morgan fingerprint density at radius 3 is 2.47 bits per heavy atom. The molecular formula is C10H10Cl2N2O3. The largest absolute Gasteiger partial charge is 0.449 e. The van der Waals surface area contributed by atoms with E-state index in [-0.39, 0.29) is 21.3 Å². The second-order valence-corrected chi connectivity index (χ2v) is 4.14. The minimum Gasteiger partial charge on any atom is -0.449 e. The molecule has 0 radical (unpaired) electrons. The maximum absolute atomic E-state index is 11.7. The first-order chi connectivity index (χ1) is 7.82. The molecule has 1 atom stereocenters. The first kappa shape index (κ1) is 13.6. The lowest BCUT2D eigenvalue weighted by atomic mass is 10.2. The number of nitrogen functional groups attached to an aromatic ring is 1. The molecule has 0 aliphatic rings. The standard InChI is InChI=1S/C10H10Cl2N2O3/c1-4(9(14)15)17-10(16)6-2-5(11)3-7(12)8(6)13/h2-4H,13H2,1H3,(H2,14,15). The normalized spacial score (nSPS) is 11.9. The Kier molecular flexibility index (Phi) is 4.20. The first-order valence-corrected chi connectivity index (χ1v) is 5.33. The number of hydrogen-bond acceptors (Lipinski definition) is 4. The van der Waals surface area contributed by atoms with Crippen molar-refractivity contribution in [2.45, 2.75) is 13.0 Å². The second kappa shape index (κ2) is 5.25. The van der Waals surface area contributed by atoms with E-state index in [0.29, 0.717) is 0 Å². The van der Waals surface area contributed by atoms with Gasteiger partial charge in [0.1, 0.15) is 0 Å². The number of anilines is 1. The van der Waals surface area contributed by atoms with Crippen molar-refractivity contribution in [1.82, 2.24) is 0 Å². The van der Waals surface area contributed by atoms with Crippen LogP contribution in [0.1, 0.15) is 17.3 Å². The predicted molar refractivity (Wildman–Crippen MR) is 64.9 cm³/mol. The highest BCUT2D eigenvalue weighted by molar-refractivity contribution is 6.37. The van der Waals surface area contributed by atoms with Gasteiger partial charge in [-0.1, -0.05) is 23.2 Å². The molecule has 5 nitrogen and oxygen atoms in total. The van der Waals surface area contributed by atoms with Crippen molar-refractivity contribution in [2.75, 3.05) is 5.73 Å². The van der Waals surface area contributed by atoms with E-state index in [4.69, 9.17) is 39.4 Å². The Bertz CT molecular complexity index is 477. The molecule has 1 amide bonds. The van der Waals surface area contributed by atoms with Crippen LogP contribution in [0, 0.1) is 0 Å². The number of rotatable bonds is 3. The van der Waals surface area contributed by atoms with Gasteiger partial charge in [-0.2, -0.15) is 0 Å². The van der Waals surface area contributed by atoms with Crippen molar-refractivity contribution in [3.05, 3.63) is 27.7 Å². The number of hydrogen-bond donors (Lipinski definition) is 2. The van der Waals surface area contributed by atoms with Gasteiger partial charge in [-0.15, -0.1) is 0 Å². The van der Waals surface area contributed by atoms with Crippen molar-refractivity contribution in [3.63, 3.8) is 0 Å². The summed E-state index contributed by atoms with van der Waals surface area (Å²) in [5, 5.41) is 0.374. The molecule has 0 aromatic heterocycles. The van der Waals surface area contributed by atoms with Crippen LogP contribution < -0.4 is 11.5 Å². The number of halogens is 2. The lowest BCUT2D eigenvalue weighted by Crippen LogP contribution is -2.30. The lowest BCUT2D eigenvalue weighted by Gasteiger charge is -2.11. The van der Waals surface area contributed by atoms with E-state index in [1.165, 1.54) is 19.1 Å². The van der Waals surface area contributed by atoms with E-state index >= 15 is 0 Å². The summed E-state index contributed by atoms with van der Waals surface area (Å²) in [6.45, 7) is 1.35. The van der Waals surface area contributed by atoms with Crippen LogP contribution in [-0.4, -0.2) is 18.0 Å². The van der Waals surface area contributed by atoms with Gasteiger partial charge in [-0.05, 0) is 19.1 Å². The first-order valence-electron chi connectivity index (χ1n) is 4.57. The fourth-order valence-electron chi connectivity index (χ4n) is 1.04. The second-order valence-electron chi connectivity index (χ2n) is 3.30. The Labute approximate surface area is 108 Å². The molecule has 1 aromatic rings. The molecule has 0 aliphatic heterocycles. The Hall–Kier alpha value is -1.46. The monoisotopic (exact) mass is 276 g/mol. The number of esters is 1. The zero-order chi connectivity index (χ0) is 13.2. The summed E-state index contributed by atoms with van der Waals surface area (Å²) in [6, 6.07) is 2.70. The van der Waals surface area contributed by atoms with E-state index in [1.54, 1.807) is 0 Å². The SMILES string of the molecule is CC(OC(=O)c1cc(Cl)cc(Cl)c1N)C(N)=O. The van der Waals surface area contributed by atoms with Crippen molar-refractivity contribution < 1.29 is 14.3 Å². The molecule has 1 rings (SSSR count). The average molecular weight is 277 g/mol. The maximum atomic E-state index is 11.7. The molecule has 0 fully saturated rings. The Morgan fingerprint density at radius 1 is 1.35 bits per heavy atom. The smallest absolute Gasteiger partial charge is 0.341 e. The van der Waals surface area contributed by atoms with Gasteiger partial charge >= 0.3 is 5.97 Å². The van der Waals surface area contributed by atoms with Crippen LogP contribution in [0.25, 0.3) is 0 Å². The van der Waals surface area contributed by atoms with E-state index in [1.807, 2.05) is 0 Å². The number of ether oxygens (including phenoxy) is 1. The van der Waals surface area contributed by atoms with Crippen molar-refractivity contribution in [2.24, 2.45) is 5.73 Å². The van der Waals surface area contributed by atoms with Crippen LogP contribution in [0.5, 0.6) is 0 Å². The summed E-state index contributed by atoms with van der Waals surface area (Å²) in [6.07, 6.45) is -1.06. The van der Waals surface area contributed by atoms with Crippen LogP contribution in [0.2, 0.25) is 10.0 Å². The molecule has 0 saturated heterocycles. The number of carbonyl (C=O) groups is 2. The zero-order valence-corrected chi connectivity index (χ0v) is 10.4. The third kappa shape index (κ3) is 3.25. The van der Waals surface area contributed by atoms with Crippen LogP contribution in [0.4, 0.5) is 5.69 Å². The highest BCUT2D eigenvalue weighted by Gasteiger charge is 2.19. The third-order valence-electron chi connectivity index (χ3n) is 2.00. The van der Waals surface area contributed by atoms with Gasteiger partial charge in [0.05, 0.1) is 16.3 Å². The summed E-state index contributed by atoms with van der Waals surface area (Å²) in [7, 11) is 0.